The fraction of sp³-hybridized carbons (Fsp3) is 0.696. The first-order valence-electron chi connectivity index (χ1n) is 11.1. The molecule has 3 fully saturated rings. The zero-order valence-electron chi connectivity index (χ0n) is 18.5. The Morgan fingerprint density at radius 3 is 2.74 bits per heavy atom. The van der Waals surface area contributed by atoms with Crippen molar-refractivity contribution in [3.8, 4) is 0 Å². The molecule has 31 heavy (non-hydrogen) atoms. The van der Waals surface area contributed by atoms with Crippen LogP contribution in [0.15, 0.2) is 25.3 Å². The van der Waals surface area contributed by atoms with E-state index in [0.29, 0.717) is 13.1 Å². The number of hydrogen-bond donors (Lipinski definition) is 1. The van der Waals surface area contributed by atoms with E-state index >= 15 is 0 Å². The molecule has 0 saturated carbocycles. The molecule has 0 aromatic heterocycles. The second-order valence-corrected chi connectivity index (χ2v) is 10.2. The van der Waals surface area contributed by atoms with Gasteiger partial charge in [-0.05, 0) is 18.8 Å². The van der Waals surface area contributed by atoms with Crippen molar-refractivity contribution >= 4 is 29.5 Å². The van der Waals surface area contributed by atoms with Crippen molar-refractivity contribution in [2.24, 2.45) is 17.8 Å². The van der Waals surface area contributed by atoms with Gasteiger partial charge in [0.2, 0.25) is 11.8 Å². The molecule has 3 aliphatic rings. The summed E-state index contributed by atoms with van der Waals surface area (Å²) in [6.07, 6.45) is 5.78. The van der Waals surface area contributed by atoms with Gasteiger partial charge in [0.1, 0.15) is 12.6 Å². The van der Waals surface area contributed by atoms with E-state index in [4.69, 9.17) is 4.74 Å². The molecule has 3 aliphatic heterocycles. The summed E-state index contributed by atoms with van der Waals surface area (Å²) in [5, 5.41) is 9.63. The summed E-state index contributed by atoms with van der Waals surface area (Å²) in [6.45, 7) is 12.5. The topological polar surface area (TPSA) is 87.1 Å². The Labute approximate surface area is 188 Å². The molecular formula is C23H34N2O5S. The van der Waals surface area contributed by atoms with E-state index in [1.165, 1.54) is 11.0 Å². The number of rotatable bonds is 11. The van der Waals surface area contributed by atoms with Crippen LogP contribution in [0.25, 0.3) is 0 Å². The van der Waals surface area contributed by atoms with Crippen molar-refractivity contribution in [3.05, 3.63) is 25.3 Å². The molecule has 3 rings (SSSR count). The number of β-amino-alcohol motifs (C(OH)–C–C–N with tert-alkyl or cyclic N) is 1. The highest BCUT2D eigenvalue weighted by Crippen LogP contribution is 2.68. The highest BCUT2D eigenvalue weighted by Gasteiger charge is 2.76. The van der Waals surface area contributed by atoms with Crippen LogP contribution in [0.5, 0.6) is 0 Å². The summed E-state index contributed by atoms with van der Waals surface area (Å²) in [4.78, 5) is 43.6. The van der Waals surface area contributed by atoms with Crippen molar-refractivity contribution in [3.63, 3.8) is 0 Å². The minimum absolute atomic E-state index is 0.0451. The minimum atomic E-state index is -0.698. The number of aliphatic hydroxyl groups is 1. The third-order valence-corrected chi connectivity index (χ3v) is 8.95. The van der Waals surface area contributed by atoms with Gasteiger partial charge in [0.25, 0.3) is 0 Å². The van der Waals surface area contributed by atoms with Crippen molar-refractivity contribution in [2.75, 3.05) is 32.8 Å². The van der Waals surface area contributed by atoms with E-state index in [9.17, 15) is 19.5 Å². The van der Waals surface area contributed by atoms with Crippen LogP contribution in [0.3, 0.4) is 0 Å². The fourth-order valence-corrected chi connectivity index (χ4v) is 8.03. The molecule has 1 N–H and O–H groups in total. The molecule has 2 bridgehead atoms. The largest absolute Gasteiger partial charge is 0.461 e. The van der Waals surface area contributed by atoms with Gasteiger partial charge in [-0.3, -0.25) is 14.4 Å². The summed E-state index contributed by atoms with van der Waals surface area (Å²) in [7, 11) is 0. The second kappa shape index (κ2) is 9.77. The van der Waals surface area contributed by atoms with Crippen LogP contribution in [0.1, 0.15) is 33.1 Å². The first-order chi connectivity index (χ1) is 14.9. The lowest BCUT2D eigenvalue weighted by molar-refractivity contribution is -0.153. The Kier molecular flexibility index (Phi) is 7.52. The van der Waals surface area contributed by atoms with Crippen molar-refractivity contribution in [2.45, 2.75) is 49.1 Å². The number of likely N-dealkylation sites (tertiary alicyclic amines) is 1. The summed E-state index contributed by atoms with van der Waals surface area (Å²) >= 11 is 1.61. The number of aliphatic hydroxyl groups excluding tert-OH is 1. The molecular weight excluding hydrogens is 416 g/mol. The lowest BCUT2D eigenvalue weighted by atomic mass is 9.66. The van der Waals surface area contributed by atoms with E-state index in [2.05, 4.69) is 27.0 Å². The van der Waals surface area contributed by atoms with Crippen LogP contribution in [0, 0.1) is 17.8 Å². The van der Waals surface area contributed by atoms with Crippen molar-refractivity contribution in [1.29, 1.82) is 0 Å². The summed E-state index contributed by atoms with van der Waals surface area (Å²) in [5.41, 5.74) is 0. The second-order valence-electron chi connectivity index (χ2n) is 8.65. The molecule has 2 amide bonds. The monoisotopic (exact) mass is 450 g/mol. The first kappa shape index (κ1) is 23.9. The average Bonchev–Trinajstić information content (AvgIpc) is 3.33. The van der Waals surface area contributed by atoms with Gasteiger partial charge in [0.05, 0.1) is 23.2 Å². The molecule has 3 heterocycles. The number of hydrogen-bond acceptors (Lipinski definition) is 6. The van der Waals surface area contributed by atoms with Crippen LogP contribution in [-0.4, -0.2) is 81.6 Å². The lowest BCUT2D eigenvalue weighted by Gasteiger charge is -2.40. The van der Waals surface area contributed by atoms with Crippen molar-refractivity contribution in [1.82, 2.24) is 9.80 Å². The van der Waals surface area contributed by atoms with Gasteiger partial charge in [0.15, 0.2) is 0 Å². The third kappa shape index (κ3) is 3.82. The molecule has 1 spiro atoms. The molecule has 0 aliphatic carbocycles. The van der Waals surface area contributed by atoms with E-state index in [-0.39, 0.29) is 42.7 Å². The number of unbranched alkanes of at least 4 members (excludes halogenated alkanes) is 1. The summed E-state index contributed by atoms with van der Waals surface area (Å²) in [5.74, 6) is -1.82. The maximum Gasteiger partial charge on any atom is 0.311 e. The number of carbonyl (C=O) groups is 3. The molecule has 8 heteroatoms. The van der Waals surface area contributed by atoms with Gasteiger partial charge in [-0.1, -0.05) is 39.0 Å². The quantitative estimate of drug-likeness (QED) is 0.382. The van der Waals surface area contributed by atoms with E-state index < -0.39 is 28.6 Å². The Balaban J connectivity index is 2.01. The van der Waals surface area contributed by atoms with Gasteiger partial charge >= 0.3 is 5.97 Å². The molecule has 3 saturated heterocycles. The van der Waals surface area contributed by atoms with Gasteiger partial charge in [-0.25, -0.2) is 0 Å². The zero-order chi connectivity index (χ0) is 22.8. The molecule has 172 valence electrons. The number of thioether (sulfide) groups is 1. The number of fused-ring (bicyclic) bond motifs is 1. The molecule has 3 unspecified atom stereocenters. The normalized spacial score (nSPS) is 33.3. The Morgan fingerprint density at radius 2 is 2.13 bits per heavy atom. The third-order valence-electron chi connectivity index (χ3n) is 6.88. The highest BCUT2D eigenvalue weighted by molar-refractivity contribution is 8.02. The first-order valence-corrected chi connectivity index (χ1v) is 12.0. The van der Waals surface area contributed by atoms with Crippen LogP contribution < -0.4 is 0 Å². The zero-order valence-corrected chi connectivity index (χ0v) is 19.3. The predicted octanol–water partition coefficient (Wildman–Crippen LogP) is 1.86. The van der Waals surface area contributed by atoms with Crippen LogP contribution in [0.4, 0.5) is 0 Å². The van der Waals surface area contributed by atoms with Crippen LogP contribution >= 0.6 is 11.8 Å². The lowest BCUT2D eigenvalue weighted by Crippen LogP contribution is -2.57. The number of amides is 2. The molecule has 6 atom stereocenters. The standard InChI is InChI=1S/C23H34N2O5S/c1-5-8-10-24(9-6-2)21(28)19-23-15(4)14-16(31-23)17(22(29)30-13-7-3)18(23)20(27)25(19)11-12-26/h6-7,15-19,26H,2-3,5,8-14H2,1,4H3/t15?,16-,17+,18+,19?,23?/m1/s1. The Bertz CT molecular complexity index is 743. The van der Waals surface area contributed by atoms with Gasteiger partial charge in [-0.15, -0.1) is 18.3 Å². The molecule has 0 aromatic carbocycles. The Hall–Kier alpha value is -1.80. The number of ether oxygens (including phenoxy) is 1. The van der Waals surface area contributed by atoms with Gasteiger partial charge in [0, 0.05) is 24.9 Å². The summed E-state index contributed by atoms with van der Waals surface area (Å²) < 4.78 is 4.66. The molecule has 0 radical (unpaired) electrons. The Morgan fingerprint density at radius 1 is 1.39 bits per heavy atom. The maximum atomic E-state index is 13.9. The molecule has 0 aromatic rings. The van der Waals surface area contributed by atoms with E-state index in [1.54, 1.807) is 22.7 Å². The van der Waals surface area contributed by atoms with E-state index in [0.717, 1.165) is 19.3 Å². The smallest absolute Gasteiger partial charge is 0.311 e. The van der Waals surface area contributed by atoms with Gasteiger partial charge < -0.3 is 19.6 Å². The number of carbonyl (C=O) groups excluding carboxylic acids is 3. The summed E-state index contributed by atoms with van der Waals surface area (Å²) in [6, 6.07) is -0.698. The number of nitrogens with zero attached hydrogens (tertiary/aromatic N) is 2. The van der Waals surface area contributed by atoms with E-state index in [1.807, 2.05) is 0 Å². The fourth-order valence-electron chi connectivity index (χ4n) is 5.62. The highest BCUT2D eigenvalue weighted by atomic mass is 32.2. The maximum absolute atomic E-state index is 13.9. The van der Waals surface area contributed by atoms with Gasteiger partial charge in [-0.2, -0.15) is 0 Å². The van der Waals surface area contributed by atoms with Crippen LogP contribution in [-0.2, 0) is 19.1 Å². The van der Waals surface area contributed by atoms with Crippen molar-refractivity contribution < 1.29 is 24.2 Å². The SMILES string of the molecule is C=CCOC(=O)[C@@H]1[C@H]2C(=O)N(CCO)C(C(=O)N(CC=C)CCCC)C23S[C@@H]1CC3C. The average molecular weight is 451 g/mol. The number of esters is 1. The molecule has 7 nitrogen and oxygen atoms in total. The predicted molar refractivity (Wildman–Crippen MR) is 120 cm³/mol. The minimum Gasteiger partial charge on any atom is -0.461 e. The van der Waals surface area contributed by atoms with Crippen LogP contribution in [0.2, 0.25) is 0 Å².